The maximum Gasteiger partial charge on any atom is 0.265 e. The molecule has 0 aliphatic rings. The number of benzene rings is 2. The average molecular weight is 422 g/mol. The van der Waals surface area contributed by atoms with E-state index >= 15 is 0 Å². The first-order valence-electron chi connectivity index (χ1n) is 9.46. The molecule has 0 saturated heterocycles. The topological polar surface area (TPSA) is 99.4 Å². The smallest absolute Gasteiger partial charge is 0.265 e. The minimum absolute atomic E-state index is 0.166. The number of hydrogen-bond acceptors (Lipinski definition) is 7. The standard InChI is InChI=1S/C22H19FN4O4/c1-13-25-21(30-12-18(28)24-11-14-4-3-5-17(10-14)29-2)19-20(27-31-22(19)26-13)15-6-8-16(23)9-7-15/h3-10H,11-12H2,1-2H3,(H,24,28). The molecule has 4 rings (SSSR count). The lowest BCUT2D eigenvalue weighted by Gasteiger charge is -2.09. The third-order valence-electron chi connectivity index (χ3n) is 4.50. The number of aryl methyl sites for hydroxylation is 1. The molecule has 0 unspecified atom stereocenters. The van der Waals surface area contributed by atoms with Gasteiger partial charge in [-0.3, -0.25) is 4.79 Å². The summed E-state index contributed by atoms with van der Waals surface area (Å²) in [5.74, 6) is 0.586. The van der Waals surface area contributed by atoms with Crippen molar-refractivity contribution in [3.63, 3.8) is 0 Å². The van der Waals surface area contributed by atoms with Crippen molar-refractivity contribution in [3.8, 4) is 22.9 Å². The molecule has 0 saturated carbocycles. The van der Waals surface area contributed by atoms with Crippen LogP contribution in [-0.4, -0.2) is 34.7 Å². The monoisotopic (exact) mass is 422 g/mol. The third kappa shape index (κ3) is 4.61. The van der Waals surface area contributed by atoms with E-state index < -0.39 is 0 Å². The molecule has 0 bridgehead atoms. The molecule has 0 aliphatic heterocycles. The Hall–Kier alpha value is -4.01. The van der Waals surface area contributed by atoms with Crippen LogP contribution in [0.15, 0.2) is 53.1 Å². The van der Waals surface area contributed by atoms with Crippen LogP contribution in [0.25, 0.3) is 22.4 Å². The summed E-state index contributed by atoms with van der Waals surface area (Å²) in [6.07, 6.45) is 0. The number of ether oxygens (including phenoxy) is 2. The molecule has 0 radical (unpaired) electrons. The molecule has 2 heterocycles. The first-order chi connectivity index (χ1) is 15.0. The molecule has 0 fully saturated rings. The van der Waals surface area contributed by atoms with Crippen molar-refractivity contribution in [3.05, 3.63) is 65.7 Å². The van der Waals surface area contributed by atoms with Crippen molar-refractivity contribution in [2.75, 3.05) is 13.7 Å². The zero-order valence-electron chi connectivity index (χ0n) is 16.9. The molecule has 2 aromatic carbocycles. The molecule has 2 aromatic heterocycles. The van der Waals surface area contributed by atoms with Gasteiger partial charge in [0.1, 0.15) is 28.5 Å². The van der Waals surface area contributed by atoms with Gasteiger partial charge in [0.25, 0.3) is 11.6 Å². The van der Waals surface area contributed by atoms with E-state index in [0.717, 1.165) is 5.56 Å². The SMILES string of the molecule is COc1cccc(CNC(=O)COc2nc(C)nc3onc(-c4ccc(F)cc4)c23)c1. The summed E-state index contributed by atoms with van der Waals surface area (Å²) in [5, 5.41) is 7.22. The minimum atomic E-state index is -0.368. The van der Waals surface area contributed by atoms with E-state index in [1.165, 1.54) is 12.1 Å². The predicted molar refractivity (Wildman–Crippen MR) is 110 cm³/mol. The van der Waals surface area contributed by atoms with Crippen LogP contribution in [0, 0.1) is 12.7 Å². The van der Waals surface area contributed by atoms with Crippen molar-refractivity contribution in [2.24, 2.45) is 0 Å². The number of halogens is 1. The highest BCUT2D eigenvalue weighted by molar-refractivity contribution is 5.93. The number of amides is 1. The maximum absolute atomic E-state index is 13.3. The summed E-state index contributed by atoms with van der Waals surface area (Å²) in [5.41, 5.74) is 2.13. The van der Waals surface area contributed by atoms with E-state index in [0.29, 0.717) is 34.8 Å². The molecule has 4 aromatic rings. The Kier molecular flexibility index (Phi) is 5.74. The lowest BCUT2D eigenvalue weighted by atomic mass is 10.1. The van der Waals surface area contributed by atoms with Gasteiger partial charge in [0, 0.05) is 12.1 Å². The van der Waals surface area contributed by atoms with E-state index in [1.807, 2.05) is 24.3 Å². The molecule has 8 nitrogen and oxygen atoms in total. The van der Waals surface area contributed by atoms with Gasteiger partial charge in [0.2, 0.25) is 5.88 Å². The highest BCUT2D eigenvalue weighted by Crippen LogP contribution is 2.33. The summed E-state index contributed by atoms with van der Waals surface area (Å²) < 4.78 is 29.4. The van der Waals surface area contributed by atoms with E-state index in [9.17, 15) is 9.18 Å². The van der Waals surface area contributed by atoms with Gasteiger partial charge < -0.3 is 19.3 Å². The molecule has 0 spiro atoms. The number of carbonyl (C=O) groups is 1. The number of rotatable bonds is 7. The van der Waals surface area contributed by atoms with Gasteiger partial charge in [-0.1, -0.05) is 17.3 Å². The predicted octanol–water partition coefficient (Wildman–Crippen LogP) is 3.44. The fourth-order valence-corrected chi connectivity index (χ4v) is 3.00. The number of methoxy groups -OCH3 is 1. The van der Waals surface area contributed by atoms with E-state index in [2.05, 4.69) is 20.4 Å². The second kappa shape index (κ2) is 8.78. The highest BCUT2D eigenvalue weighted by Gasteiger charge is 2.20. The number of nitrogens with zero attached hydrogens (tertiary/aromatic N) is 3. The normalized spacial score (nSPS) is 10.8. The zero-order chi connectivity index (χ0) is 21.8. The molecular formula is C22H19FN4O4. The molecular weight excluding hydrogens is 403 g/mol. The van der Waals surface area contributed by atoms with Crippen molar-refractivity contribution in [1.82, 2.24) is 20.4 Å². The molecule has 9 heteroatoms. The first kappa shape index (κ1) is 20.3. The van der Waals surface area contributed by atoms with Crippen LogP contribution >= 0.6 is 0 Å². The van der Waals surface area contributed by atoms with Gasteiger partial charge in [-0.15, -0.1) is 0 Å². The fourth-order valence-electron chi connectivity index (χ4n) is 3.00. The second-order valence-corrected chi connectivity index (χ2v) is 6.71. The largest absolute Gasteiger partial charge is 0.497 e. The van der Waals surface area contributed by atoms with Crippen molar-refractivity contribution in [1.29, 1.82) is 0 Å². The van der Waals surface area contributed by atoms with Gasteiger partial charge in [-0.25, -0.2) is 4.39 Å². The van der Waals surface area contributed by atoms with Crippen molar-refractivity contribution in [2.45, 2.75) is 13.5 Å². The van der Waals surface area contributed by atoms with Crippen LogP contribution in [-0.2, 0) is 11.3 Å². The van der Waals surface area contributed by atoms with Gasteiger partial charge in [0.05, 0.1) is 7.11 Å². The lowest BCUT2D eigenvalue weighted by molar-refractivity contribution is -0.123. The molecule has 158 valence electrons. The van der Waals surface area contributed by atoms with Gasteiger partial charge in [-0.2, -0.15) is 9.97 Å². The van der Waals surface area contributed by atoms with Crippen molar-refractivity contribution < 1.29 is 23.2 Å². The first-order valence-corrected chi connectivity index (χ1v) is 9.46. The molecule has 1 N–H and O–H groups in total. The Balaban J connectivity index is 1.50. The third-order valence-corrected chi connectivity index (χ3v) is 4.50. The highest BCUT2D eigenvalue weighted by atomic mass is 19.1. The molecule has 1 amide bonds. The van der Waals surface area contributed by atoms with E-state index in [4.69, 9.17) is 14.0 Å². The summed E-state index contributed by atoms with van der Waals surface area (Å²) >= 11 is 0. The number of carbonyl (C=O) groups excluding carboxylic acids is 1. The van der Waals surface area contributed by atoms with E-state index in [-0.39, 0.29) is 29.9 Å². The van der Waals surface area contributed by atoms with E-state index in [1.54, 1.807) is 26.2 Å². The van der Waals surface area contributed by atoms with Gasteiger partial charge >= 0.3 is 0 Å². The van der Waals surface area contributed by atoms with Crippen molar-refractivity contribution >= 4 is 17.0 Å². The maximum atomic E-state index is 13.3. The average Bonchev–Trinajstić information content (AvgIpc) is 3.20. The second-order valence-electron chi connectivity index (χ2n) is 6.71. The Bertz CT molecular complexity index is 1220. The molecule has 0 aliphatic carbocycles. The Morgan fingerprint density at radius 2 is 1.97 bits per heavy atom. The van der Waals surface area contributed by atoms with Crippen LogP contribution in [0.1, 0.15) is 11.4 Å². The molecule has 0 atom stereocenters. The Morgan fingerprint density at radius 3 is 2.74 bits per heavy atom. The van der Waals surface area contributed by atoms with Gasteiger partial charge in [-0.05, 0) is 48.9 Å². The zero-order valence-corrected chi connectivity index (χ0v) is 16.9. The van der Waals surface area contributed by atoms with Crippen LogP contribution in [0.4, 0.5) is 4.39 Å². The number of nitrogens with one attached hydrogen (secondary N) is 1. The summed E-state index contributed by atoms with van der Waals surface area (Å²) in [6, 6.07) is 13.2. The lowest BCUT2D eigenvalue weighted by Crippen LogP contribution is -2.28. The Labute approximate surface area is 177 Å². The van der Waals surface area contributed by atoms with Gasteiger partial charge in [0.15, 0.2) is 6.61 Å². The summed E-state index contributed by atoms with van der Waals surface area (Å²) in [7, 11) is 1.58. The Morgan fingerprint density at radius 1 is 1.16 bits per heavy atom. The van der Waals surface area contributed by atoms with Crippen LogP contribution in [0.5, 0.6) is 11.6 Å². The number of aromatic nitrogens is 3. The number of hydrogen-bond donors (Lipinski definition) is 1. The molecule has 31 heavy (non-hydrogen) atoms. The van der Waals surface area contributed by atoms with Crippen LogP contribution < -0.4 is 14.8 Å². The van der Waals surface area contributed by atoms with Crippen LogP contribution in [0.2, 0.25) is 0 Å². The number of fused-ring (bicyclic) bond motifs is 1. The summed E-state index contributed by atoms with van der Waals surface area (Å²) in [4.78, 5) is 20.8. The minimum Gasteiger partial charge on any atom is -0.497 e. The summed E-state index contributed by atoms with van der Waals surface area (Å²) in [6.45, 7) is 1.74. The fraction of sp³-hybridized carbons (Fsp3) is 0.182. The van der Waals surface area contributed by atoms with Crippen LogP contribution in [0.3, 0.4) is 0 Å². The quantitative estimate of drug-likeness (QED) is 0.487.